The van der Waals surface area contributed by atoms with Crippen LogP contribution in [-0.4, -0.2) is 46.6 Å². The van der Waals surface area contributed by atoms with E-state index in [0.29, 0.717) is 29.5 Å². The van der Waals surface area contributed by atoms with E-state index < -0.39 is 17.9 Å². The van der Waals surface area contributed by atoms with Crippen molar-refractivity contribution in [2.45, 2.75) is 96.6 Å². The minimum Gasteiger partial charge on any atom is -0.480 e. The molecule has 4 rings (SSSR count). The largest absolute Gasteiger partial charge is 0.480 e. The molecule has 0 heterocycles. The van der Waals surface area contributed by atoms with E-state index in [4.69, 9.17) is 9.84 Å². The number of carboxylic acid groups (broad SMARTS) is 1. The molecule has 1 amide bonds. The minimum atomic E-state index is -1.14. The molecule has 0 aromatic carbocycles. The molecule has 2 N–H and O–H groups in total. The maximum Gasteiger partial charge on any atom is 0.327 e. The summed E-state index contributed by atoms with van der Waals surface area (Å²) in [7, 11) is 0. The monoisotopic (exact) mass is 493 g/mol. The Kier molecular flexibility index (Phi) is 7.37. The number of carbonyl (C=O) groups is 4. The molecule has 4 fully saturated rings. The zero-order valence-electron chi connectivity index (χ0n) is 20.4. The number of carbonyl (C=O) groups excluding carboxylic acids is 3. The average molecular weight is 494 g/mol. The summed E-state index contributed by atoms with van der Waals surface area (Å²) in [6.45, 7) is 4.72. The van der Waals surface area contributed by atoms with Crippen molar-refractivity contribution in [1.82, 2.24) is 5.32 Å². The Bertz CT molecular complexity index is 847. The third kappa shape index (κ3) is 4.63. The Labute approximate surface area is 207 Å². The Balaban J connectivity index is 1.34. The van der Waals surface area contributed by atoms with Gasteiger partial charge in [-0.25, -0.2) is 4.79 Å². The fourth-order valence-electron chi connectivity index (χ4n) is 8.08. The number of ketones is 1. The van der Waals surface area contributed by atoms with Gasteiger partial charge in [0.15, 0.2) is 0 Å². The van der Waals surface area contributed by atoms with Crippen LogP contribution in [-0.2, 0) is 23.9 Å². The lowest BCUT2D eigenvalue weighted by atomic mass is 9.45. The summed E-state index contributed by atoms with van der Waals surface area (Å²) < 4.78 is 5.94. The van der Waals surface area contributed by atoms with Crippen molar-refractivity contribution in [3.63, 3.8) is 0 Å². The third-order valence-electron chi connectivity index (χ3n) is 10.0. The zero-order chi connectivity index (χ0) is 24.7. The van der Waals surface area contributed by atoms with Gasteiger partial charge in [-0.3, -0.25) is 14.4 Å². The van der Waals surface area contributed by atoms with Crippen LogP contribution in [0.4, 0.5) is 0 Å². The van der Waals surface area contributed by atoms with Gasteiger partial charge >= 0.3 is 11.9 Å². The molecular formula is C26H39NO6S. The number of Topliss-reactive ketones (excluding diaryl/α,β-unsaturated/α-hetero) is 1. The highest BCUT2D eigenvalue weighted by molar-refractivity contribution is 7.80. The van der Waals surface area contributed by atoms with Gasteiger partial charge in [-0.05, 0) is 74.0 Å². The van der Waals surface area contributed by atoms with Crippen molar-refractivity contribution in [1.29, 1.82) is 0 Å². The van der Waals surface area contributed by atoms with Crippen molar-refractivity contribution in [2.24, 2.45) is 34.5 Å². The number of esters is 1. The third-order valence-corrected chi connectivity index (χ3v) is 10.4. The summed E-state index contributed by atoms with van der Waals surface area (Å²) >= 11 is 3.93. The van der Waals surface area contributed by atoms with Crippen molar-refractivity contribution in [3.05, 3.63) is 0 Å². The lowest BCUT2D eigenvalue weighted by Gasteiger charge is -2.60. The van der Waals surface area contributed by atoms with Gasteiger partial charge in [0.25, 0.3) is 0 Å². The molecule has 0 aliphatic heterocycles. The molecule has 0 aromatic rings. The molecule has 8 heteroatoms. The van der Waals surface area contributed by atoms with Gasteiger partial charge < -0.3 is 15.2 Å². The van der Waals surface area contributed by atoms with Gasteiger partial charge in [-0.15, -0.1) is 0 Å². The fraction of sp³-hybridized carbons (Fsp3) is 0.846. The number of thiol groups is 1. The van der Waals surface area contributed by atoms with E-state index in [0.717, 1.165) is 51.4 Å². The van der Waals surface area contributed by atoms with Crippen LogP contribution in [0.1, 0.15) is 84.5 Å². The Morgan fingerprint density at radius 2 is 1.79 bits per heavy atom. The molecule has 0 spiro atoms. The number of hydrogen-bond acceptors (Lipinski definition) is 6. The molecule has 190 valence electrons. The number of hydrogen-bond donors (Lipinski definition) is 3. The van der Waals surface area contributed by atoms with Crippen molar-refractivity contribution < 1.29 is 29.0 Å². The predicted molar refractivity (Wildman–Crippen MR) is 129 cm³/mol. The zero-order valence-corrected chi connectivity index (χ0v) is 21.3. The van der Waals surface area contributed by atoms with Gasteiger partial charge in [0.2, 0.25) is 5.91 Å². The molecule has 4 saturated carbocycles. The topological polar surface area (TPSA) is 110 Å². The smallest absolute Gasteiger partial charge is 0.327 e. The molecule has 7 nitrogen and oxygen atoms in total. The number of rotatable bonds is 7. The average Bonchev–Trinajstić information content (AvgIpc) is 3.12. The fourth-order valence-corrected chi connectivity index (χ4v) is 8.32. The summed E-state index contributed by atoms with van der Waals surface area (Å²) in [5, 5.41) is 11.4. The molecule has 8 atom stereocenters. The van der Waals surface area contributed by atoms with Crippen LogP contribution in [0.15, 0.2) is 0 Å². The van der Waals surface area contributed by atoms with Crippen LogP contribution < -0.4 is 5.32 Å². The van der Waals surface area contributed by atoms with E-state index in [2.05, 4.69) is 31.8 Å². The van der Waals surface area contributed by atoms with Gasteiger partial charge in [0, 0.05) is 30.4 Å². The van der Waals surface area contributed by atoms with Crippen molar-refractivity contribution in [3.8, 4) is 0 Å². The maximum atomic E-state index is 12.6. The molecule has 0 radical (unpaired) electrons. The standard InChI is InChI=1S/C26H39NO6S/c1-25-11-9-16(28)13-15(25)3-4-17-18-5-6-21(26(18,2)12-10-19(17)25)33-23(30)8-7-22(29)27-20(14-34)24(31)32/h15,17-21,34H,3-14H2,1-2H3,(H,27,29)(H,31,32)/t15-,17-,18-,19-,20-,21-,25-,26-/m0/s1. The van der Waals surface area contributed by atoms with E-state index in [1.807, 2.05) is 0 Å². The highest BCUT2D eigenvalue weighted by Gasteiger charge is 2.61. The minimum absolute atomic E-state index is 0.00834. The number of ether oxygens (including phenoxy) is 1. The van der Waals surface area contributed by atoms with Crippen molar-refractivity contribution >= 4 is 36.3 Å². The summed E-state index contributed by atoms with van der Waals surface area (Å²) in [6, 6.07) is -1.06. The molecule has 0 bridgehead atoms. The summed E-state index contributed by atoms with van der Waals surface area (Å²) in [6.07, 6.45) is 8.66. The van der Waals surface area contributed by atoms with Gasteiger partial charge in [0.05, 0.1) is 6.42 Å². The highest BCUT2D eigenvalue weighted by atomic mass is 32.1. The molecule has 34 heavy (non-hydrogen) atoms. The van der Waals surface area contributed by atoms with Crippen molar-refractivity contribution in [2.75, 3.05) is 5.75 Å². The predicted octanol–water partition coefficient (Wildman–Crippen LogP) is 3.79. The van der Waals surface area contributed by atoms with Crippen LogP contribution in [0.2, 0.25) is 0 Å². The van der Waals surface area contributed by atoms with Gasteiger partial charge in [-0.1, -0.05) is 13.8 Å². The second-order valence-electron chi connectivity index (χ2n) is 11.6. The first-order chi connectivity index (χ1) is 16.1. The number of carboxylic acids is 1. The number of fused-ring (bicyclic) bond motifs is 5. The van der Waals surface area contributed by atoms with Crippen LogP contribution in [0, 0.1) is 34.5 Å². The quantitative estimate of drug-likeness (QED) is 0.368. The summed E-state index contributed by atoms with van der Waals surface area (Å²) in [4.78, 5) is 47.8. The lowest BCUT2D eigenvalue weighted by Crippen LogP contribution is -2.54. The molecule has 4 aliphatic rings. The van der Waals surface area contributed by atoms with E-state index in [1.165, 1.54) is 6.42 Å². The highest BCUT2D eigenvalue weighted by Crippen LogP contribution is 2.66. The van der Waals surface area contributed by atoms with Crippen LogP contribution >= 0.6 is 12.6 Å². The lowest BCUT2D eigenvalue weighted by molar-refractivity contribution is -0.164. The summed E-state index contributed by atoms with van der Waals surface area (Å²) in [5.41, 5.74) is 0.230. The van der Waals surface area contributed by atoms with Gasteiger partial charge in [-0.2, -0.15) is 12.6 Å². The Morgan fingerprint density at radius 1 is 1.06 bits per heavy atom. The molecule has 0 saturated heterocycles. The number of nitrogens with one attached hydrogen (secondary N) is 1. The van der Waals surface area contributed by atoms with E-state index in [-0.39, 0.29) is 41.5 Å². The number of aliphatic carboxylic acids is 1. The van der Waals surface area contributed by atoms with E-state index >= 15 is 0 Å². The molecule has 4 aliphatic carbocycles. The van der Waals surface area contributed by atoms with E-state index in [9.17, 15) is 19.2 Å². The SMILES string of the molecule is C[C@]12CCC(=O)C[C@@H]1CC[C@@H]1[C@@H]2CC[C@]2(C)[C@@H](OC(=O)CCC(=O)N[C@@H](CS)C(=O)O)CC[C@@H]12. The van der Waals surface area contributed by atoms with Gasteiger partial charge in [0.1, 0.15) is 17.9 Å². The molecule has 0 unspecified atom stereocenters. The normalized spacial score (nSPS) is 39.9. The van der Waals surface area contributed by atoms with Crippen LogP contribution in [0.3, 0.4) is 0 Å². The number of amides is 1. The first-order valence-corrected chi connectivity index (χ1v) is 13.6. The second kappa shape index (κ2) is 9.82. The van der Waals surface area contributed by atoms with E-state index in [1.54, 1.807) is 0 Å². The molecule has 0 aromatic heterocycles. The summed E-state index contributed by atoms with van der Waals surface area (Å²) in [5.74, 6) is 0.779. The second-order valence-corrected chi connectivity index (χ2v) is 12.0. The van der Waals surface area contributed by atoms with Crippen LogP contribution in [0.25, 0.3) is 0 Å². The Hall–Kier alpha value is -1.57. The first-order valence-electron chi connectivity index (χ1n) is 12.9. The van der Waals surface area contributed by atoms with Crippen LogP contribution in [0.5, 0.6) is 0 Å². The Morgan fingerprint density at radius 3 is 2.50 bits per heavy atom. The molecular weight excluding hydrogens is 454 g/mol. The first kappa shape index (κ1) is 25.5. The maximum absolute atomic E-state index is 12.6.